The summed E-state index contributed by atoms with van der Waals surface area (Å²) in [4.78, 5) is 3.98. The lowest BCUT2D eigenvalue weighted by molar-refractivity contribution is 0.0169. The van der Waals surface area contributed by atoms with Crippen LogP contribution < -0.4 is 5.73 Å². The molecule has 2 N–H and O–H groups in total. The van der Waals surface area contributed by atoms with Crippen LogP contribution >= 0.6 is 0 Å². The lowest BCUT2D eigenvalue weighted by atomic mass is 10.1. The Bertz CT molecular complexity index is 426. The second-order valence-corrected chi connectivity index (χ2v) is 3.95. The van der Waals surface area contributed by atoms with E-state index in [0.717, 1.165) is 11.3 Å². The van der Waals surface area contributed by atoms with Crippen LogP contribution in [0.2, 0.25) is 0 Å². The average molecular weight is 232 g/mol. The predicted octanol–water partition coefficient (Wildman–Crippen LogP) is 2.28. The van der Waals surface area contributed by atoms with Crippen LogP contribution in [-0.4, -0.2) is 11.0 Å². The Balaban J connectivity index is 2.03. The maximum absolute atomic E-state index is 5.93. The molecule has 0 bridgehead atoms. The van der Waals surface area contributed by atoms with Crippen LogP contribution in [-0.2, 0) is 11.3 Å². The third-order valence-corrected chi connectivity index (χ3v) is 2.50. The first-order chi connectivity index (χ1) is 8.27. The first-order valence-corrected chi connectivity index (χ1v) is 5.57. The van der Waals surface area contributed by atoms with Crippen molar-refractivity contribution in [3.63, 3.8) is 0 Å². The number of nitrogens with zero attached hydrogens (tertiary/aromatic N) is 1. The molecule has 2 heterocycles. The Morgan fingerprint density at radius 2 is 2.12 bits per heavy atom. The number of nitrogens with two attached hydrogens (primary N) is 1. The molecule has 4 nitrogen and oxygen atoms in total. The van der Waals surface area contributed by atoms with E-state index in [4.69, 9.17) is 14.9 Å². The Kier molecular flexibility index (Phi) is 3.90. The van der Waals surface area contributed by atoms with Crippen molar-refractivity contribution in [3.05, 3.63) is 54.2 Å². The van der Waals surface area contributed by atoms with Crippen LogP contribution in [0.5, 0.6) is 0 Å². The molecule has 2 atom stereocenters. The van der Waals surface area contributed by atoms with Gasteiger partial charge in [0.2, 0.25) is 0 Å². The van der Waals surface area contributed by atoms with Gasteiger partial charge in [0.25, 0.3) is 0 Å². The Hall–Kier alpha value is -1.65. The zero-order valence-corrected chi connectivity index (χ0v) is 9.74. The van der Waals surface area contributed by atoms with E-state index in [9.17, 15) is 0 Å². The highest BCUT2D eigenvalue weighted by atomic mass is 16.5. The van der Waals surface area contributed by atoms with Crippen molar-refractivity contribution >= 4 is 0 Å². The normalized spacial score (nSPS) is 14.5. The number of hydrogen-bond donors (Lipinski definition) is 1. The summed E-state index contributed by atoms with van der Waals surface area (Å²) in [5.74, 6) is 0.796. The van der Waals surface area contributed by atoms with Crippen molar-refractivity contribution in [1.29, 1.82) is 0 Å². The van der Waals surface area contributed by atoms with Crippen LogP contribution in [0, 0.1) is 0 Å². The molecule has 0 fully saturated rings. The van der Waals surface area contributed by atoms with Gasteiger partial charge in [-0.05, 0) is 36.8 Å². The van der Waals surface area contributed by atoms with Gasteiger partial charge >= 0.3 is 0 Å². The summed E-state index contributed by atoms with van der Waals surface area (Å²) in [6.07, 6.45) is 4.96. The molecular weight excluding hydrogens is 216 g/mol. The summed E-state index contributed by atoms with van der Waals surface area (Å²) in [6, 6.07) is 7.45. The van der Waals surface area contributed by atoms with E-state index in [1.54, 1.807) is 18.7 Å². The van der Waals surface area contributed by atoms with Gasteiger partial charge in [0, 0.05) is 18.4 Å². The fourth-order valence-electron chi connectivity index (χ4n) is 1.67. The third-order valence-electron chi connectivity index (χ3n) is 2.50. The number of aromatic nitrogens is 1. The molecule has 0 aliphatic heterocycles. The molecule has 2 rings (SSSR count). The number of furan rings is 1. The lowest BCUT2D eigenvalue weighted by Gasteiger charge is -2.21. The van der Waals surface area contributed by atoms with Gasteiger partial charge in [-0.25, -0.2) is 0 Å². The molecule has 90 valence electrons. The zero-order valence-electron chi connectivity index (χ0n) is 9.74. The Labute approximate surface area is 100 Å². The number of hydrogen-bond acceptors (Lipinski definition) is 4. The summed E-state index contributed by atoms with van der Waals surface area (Å²) in [5.41, 5.74) is 6.96. The van der Waals surface area contributed by atoms with Gasteiger partial charge in [-0.1, -0.05) is 0 Å². The summed E-state index contributed by atoms with van der Waals surface area (Å²) in [7, 11) is 0. The SMILES string of the molecule is CC(N)C(OCc1ccco1)c1ccncc1. The maximum atomic E-state index is 5.93. The first kappa shape index (κ1) is 11.8. The lowest BCUT2D eigenvalue weighted by Crippen LogP contribution is -2.26. The average Bonchev–Trinajstić information content (AvgIpc) is 2.83. The molecule has 0 radical (unpaired) electrons. The smallest absolute Gasteiger partial charge is 0.129 e. The standard InChI is InChI=1S/C13H16N2O2/c1-10(14)13(11-4-6-15-7-5-11)17-9-12-3-2-8-16-12/h2-8,10,13H,9,14H2,1H3. The molecule has 0 aliphatic rings. The molecule has 0 aromatic carbocycles. The second kappa shape index (κ2) is 5.61. The molecule has 0 spiro atoms. The molecule has 0 aliphatic carbocycles. The van der Waals surface area contributed by atoms with Crippen molar-refractivity contribution in [2.75, 3.05) is 0 Å². The second-order valence-electron chi connectivity index (χ2n) is 3.95. The number of rotatable bonds is 5. The minimum absolute atomic E-state index is 0.0904. The summed E-state index contributed by atoms with van der Waals surface area (Å²) in [5, 5.41) is 0. The van der Waals surface area contributed by atoms with Gasteiger partial charge in [0.15, 0.2) is 0 Å². The zero-order chi connectivity index (χ0) is 12.1. The molecule has 2 unspecified atom stereocenters. The molecule has 4 heteroatoms. The fraction of sp³-hybridized carbons (Fsp3) is 0.308. The van der Waals surface area contributed by atoms with E-state index < -0.39 is 0 Å². The van der Waals surface area contributed by atoms with Gasteiger partial charge < -0.3 is 14.9 Å². The maximum Gasteiger partial charge on any atom is 0.129 e. The summed E-state index contributed by atoms with van der Waals surface area (Å²) in [6.45, 7) is 2.34. The van der Waals surface area contributed by atoms with Gasteiger partial charge in [0.1, 0.15) is 12.4 Å². The highest BCUT2D eigenvalue weighted by Crippen LogP contribution is 2.21. The van der Waals surface area contributed by atoms with E-state index in [-0.39, 0.29) is 12.1 Å². The van der Waals surface area contributed by atoms with Crippen molar-refractivity contribution in [2.24, 2.45) is 5.73 Å². The molecule has 17 heavy (non-hydrogen) atoms. The van der Waals surface area contributed by atoms with Crippen LogP contribution in [0.25, 0.3) is 0 Å². The van der Waals surface area contributed by atoms with Gasteiger partial charge in [-0.2, -0.15) is 0 Å². The minimum Gasteiger partial charge on any atom is -0.467 e. The molecule has 0 saturated carbocycles. The van der Waals surface area contributed by atoms with Crippen LogP contribution in [0.15, 0.2) is 47.3 Å². The molecule has 2 aromatic rings. The van der Waals surface area contributed by atoms with E-state index in [2.05, 4.69) is 4.98 Å². The third kappa shape index (κ3) is 3.15. The molecule has 0 saturated heterocycles. The largest absolute Gasteiger partial charge is 0.467 e. The van der Waals surface area contributed by atoms with E-state index in [0.29, 0.717) is 6.61 Å². The monoisotopic (exact) mass is 232 g/mol. The van der Waals surface area contributed by atoms with Crippen LogP contribution in [0.4, 0.5) is 0 Å². The predicted molar refractivity (Wildman–Crippen MR) is 64.1 cm³/mol. The van der Waals surface area contributed by atoms with Gasteiger partial charge in [0.05, 0.1) is 12.4 Å². The molecule has 0 amide bonds. The van der Waals surface area contributed by atoms with Crippen molar-refractivity contribution in [2.45, 2.75) is 25.7 Å². The minimum atomic E-state index is -0.150. The highest BCUT2D eigenvalue weighted by molar-refractivity contribution is 5.15. The van der Waals surface area contributed by atoms with Crippen LogP contribution in [0.3, 0.4) is 0 Å². The number of pyridine rings is 1. The van der Waals surface area contributed by atoms with Crippen LogP contribution in [0.1, 0.15) is 24.4 Å². The Morgan fingerprint density at radius 1 is 1.35 bits per heavy atom. The highest BCUT2D eigenvalue weighted by Gasteiger charge is 2.17. The van der Waals surface area contributed by atoms with E-state index in [1.165, 1.54) is 0 Å². The summed E-state index contributed by atoms with van der Waals surface area (Å²) >= 11 is 0. The molecular formula is C13H16N2O2. The topological polar surface area (TPSA) is 61.3 Å². The quantitative estimate of drug-likeness (QED) is 0.859. The van der Waals surface area contributed by atoms with Crippen molar-refractivity contribution < 1.29 is 9.15 Å². The van der Waals surface area contributed by atoms with Crippen molar-refractivity contribution in [1.82, 2.24) is 4.98 Å². The fourth-order valence-corrected chi connectivity index (χ4v) is 1.67. The molecule has 2 aromatic heterocycles. The van der Waals surface area contributed by atoms with E-state index >= 15 is 0 Å². The van der Waals surface area contributed by atoms with Gasteiger partial charge in [-0.15, -0.1) is 0 Å². The summed E-state index contributed by atoms with van der Waals surface area (Å²) < 4.78 is 11.0. The van der Waals surface area contributed by atoms with Crippen molar-refractivity contribution in [3.8, 4) is 0 Å². The van der Waals surface area contributed by atoms with Gasteiger partial charge in [-0.3, -0.25) is 4.98 Å². The number of ether oxygens (including phenoxy) is 1. The van der Waals surface area contributed by atoms with E-state index in [1.807, 2.05) is 31.2 Å². The Morgan fingerprint density at radius 3 is 2.71 bits per heavy atom. The first-order valence-electron chi connectivity index (χ1n) is 5.57.